The van der Waals surface area contributed by atoms with Crippen LogP contribution in [0, 0.1) is 0 Å². The molecular formula is C9H16N2O3S. The average molecular weight is 232 g/mol. The molecule has 1 aliphatic heterocycles. The number of carbonyl (C=O) groups excluding carboxylic acids is 1. The van der Waals surface area contributed by atoms with E-state index in [1.54, 1.807) is 4.90 Å². The zero-order valence-electron chi connectivity index (χ0n) is 8.90. The molecule has 1 fully saturated rings. The van der Waals surface area contributed by atoms with E-state index >= 15 is 0 Å². The minimum Gasteiger partial charge on any atom is -0.480 e. The summed E-state index contributed by atoms with van der Waals surface area (Å²) in [4.78, 5) is 23.8. The number of nitrogens with one attached hydrogen (secondary N) is 1. The molecule has 0 aromatic heterocycles. The van der Waals surface area contributed by atoms with Crippen LogP contribution < -0.4 is 5.32 Å². The van der Waals surface area contributed by atoms with Crippen LogP contribution in [0.3, 0.4) is 0 Å². The monoisotopic (exact) mass is 232 g/mol. The van der Waals surface area contributed by atoms with Gasteiger partial charge >= 0.3 is 12.0 Å². The van der Waals surface area contributed by atoms with Gasteiger partial charge in [0.1, 0.15) is 6.04 Å². The van der Waals surface area contributed by atoms with Crippen LogP contribution in [-0.4, -0.2) is 52.1 Å². The first-order chi connectivity index (χ1) is 7.00. The predicted molar refractivity (Wildman–Crippen MR) is 59.1 cm³/mol. The molecule has 15 heavy (non-hydrogen) atoms. The summed E-state index contributed by atoms with van der Waals surface area (Å²) in [6.07, 6.45) is 0. The molecule has 2 atom stereocenters. The second kappa shape index (κ2) is 5.25. The van der Waals surface area contributed by atoms with Crippen LogP contribution in [0.5, 0.6) is 0 Å². The van der Waals surface area contributed by atoms with Crippen LogP contribution in [0.25, 0.3) is 0 Å². The van der Waals surface area contributed by atoms with E-state index in [0.29, 0.717) is 18.3 Å². The molecule has 0 radical (unpaired) electrons. The Labute approximate surface area is 93.2 Å². The fourth-order valence-corrected chi connectivity index (χ4v) is 2.35. The van der Waals surface area contributed by atoms with Crippen molar-refractivity contribution < 1.29 is 14.7 Å². The number of hydrogen-bond acceptors (Lipinski definition) is 3. The number of amides is 2. The van der Waals surface area contributed by atoms with Crippen LogP contribution in [0.1, 0.15) is 13.8 Å². The van der Waals surface area contributed by atoms with Crippen molar-refractivity contribution in [1.29, 1.82) is 0 Å². The molecule has 2 unspecified atom stereocenters. The molecule has 2 N–H and O–H groups in total. The molecule has 2 amide bonds. The topological polar surface area (TPSA) is 69.6 Å². The number of nitrogens with zero attached hydrogens (tertiary/aromatic N) is 1. The summed E-state index contributed by atoms with van der Waals surface area (Å²) >= 11 is 1.83. The fraction of sp³-hybridized carbons (Fsp3) is 0.778. The molecule has 0 saturated carbocycles. The molecular weight excluding hydrogens is 216 g/mol. The number of urea groups is 1. The molecule has 1 rings (SSSR count). The maximum absolute atomic E-state index is 11.6. The first-order valence-corrected chi connectivity index (χ1v) is 5.95. The number of aliphatic carboxylic acids is 1. The highest BCUT2D eigenvalue weighted by Gasteiger charge is 2.23. The maximum Gasteiger partial charge on any atom is 0.325 e. The highest BCUT2D eigenvalue weighted by Crippen LogP contribution is 2.17. The summed E-state index contributed by atoms with van der Waals surface area (Å²) in [6, 6.07) is -1.11. The molecule has 1 heterocycles. The second-order valence-electron chi connectivity index (χ2n) is 3.64. The third kappa shape index (κ3) is 3.62. The number of hydrogen-bond donors (Lipinski definition) is 2. The third-order valence-corrected chi connectivity index (χ3v) is 3.38. The van der Waals surface area contributed by atoms with Gasteiger partial charge in [-0.1, -0.05) is 6.92 Å². The van der Waals surface area contributed by atoms with Crippen molar-refractivity contribution in [2.24, 2.45) is 0 Å². The minimum absolute atomic E-state index is 0.281. The molecule has 5 nitrogen and oxygen atoms in total. The Bertz CT molecular complexity index is 260. The van der Waals surface area contributed by atoms with Crippen molar-refractivity contribution in [3.05, 3.63) is 0 Å². The van der Waals surface area contributed by atoms with Gasteiger partial charge in [-0.25, -0.2) is 4.79 Å². The Balaban J connectivity index is 2.42. The third-order valence-electron chi connectivity index (χ3n) is 2.24. The van der Waals surface area contributed by atoms with Gasteiger partial charge in [-0.2, -0.15) is 11.8 Å². The van der Waals surface area contributed by atoms with E-state index in [0.717, 1.165) is 5.75 Å². The number of carboxylic acid groups (broad SMARTS) is 1. The summed E-state index contributed by atoms with van der Waals surface area (Å²) in [5, 5.41) is 11.5. The Morgan fingerprint density at radius 3 is 2.80 bits per heavy atom. The summed E-state index contributed by atoms with van der Waals surface area (Å²) in [6.45, 7) is 4.89. The normalized spacial score (nSPS) is 23.3. The Hall–Kier alpha value is -0.910. The smallest absolute Gasteiger partial charge is 0.325 e. The molecule has 0 bridgehead atoms. The number of rotatable bonds is 2. The lowest BCUT2D eigenvalue weighted by Gasteiger charge is -2.31. The van der Waals surface area contributed by atoms with Crippen molar-refractivity contribution >= 4 is 23.8 Å². The first-order valence-electron chi connectivity index (χ1n) is 4.90. The maximum atomic E-state index is 11.6. The lowest BCUT2D eigenvalue weighted by Crippen LogP contribution is -2.50. The first kappa shape index (κ1) is 12.2. The number of thioether (sulfide) groups is 1. The summed E-state index contributed by atoms with van der Waals surface area (Å²) < 4.78 is 0. The van der Waals surface area contributed by atoms with Gasteiger partial charge in [0.15, 0.2) is 0 Å². The largest absolute Gasteiger partial charge is 0.480 e. The standard InChI is InChI=1S/C9H16N2O3S/c1-6-5-11(3-4-15-6)9(14)10-7(2)8(12)13/h6-7H,3-5H2,1-2H3,(H,10,14)(H,12,13). The van der Waals surface area contributed by atoms with Crippen molar-refractivity contribution in [3.63, 3.8) is 0 Å². The average Bonchev–Trinajstić information content (AvgIpc) is 2.17. The molecule has 1 saturated heterocycles. The Morgan fingerprint density at radius 2 is 2.27 bits per heavy atom. The zero-order chi connectivity index (χ0) is 11.4. The Morgan fingerprint density at radius 1 is 1.60 bits per heavy atom. The van der Waals surface area contributed by atoms with Crippen molar-refractivity contribution in [1.82, 2.24) is 10.2 Å². The minimum atomic E-state index is -1.01. The van der Waals surface area contributed by atoms with E-state index in [4.69, 9.17) is 5.11 Å². The Kier molecular flexibility index (Phi) is 4.26. The molecule has 0 spiro atoms. The fourth-order valence-electron chi connectivity index (χ4n) is 1.34. The van der Waals surface area contributed by atoms with Gasteiger partial charge in [0.05, 0.1) is 0 Å². The van der Waals surface area contributed by atoms with Gasteiger partial charge in [0.25, 0.3) is 0 Å². The van der Waals surface area contributed by atoms with Crippen LogP contribution in [0.15, 0.2) is 0 Å². The number of carbonyl (C=O) groups is 2. The van der Waals surface area contributed by atoms with Crippen LogP contribution in [0.4, 0.5) is 4.79 Å². The molecule has 86 valence electrons. The van der Waals surface area contributed by atoms with E-state index in [2.05, 4.69) is 12.2 Å². The van der Waals surface area contributed by atoms with Gasteiger partial charge in [-0.05, 0) is 6.92 Å². The van der Waals surface area contributed by atoms with Gasteiger partial charge in [-0.15, -0.1) is 0 Å². The van der Waals surface area contributed by atoms with Crippen molar-refractivity contribution in [3.8, 4) is 0 Å². The predicted octanol–water partition coefficient (Wildman–Crippen LogP) is 0.606. The molecule has 1 aliphatic rings. The van der Waals surface area contributed by atoms with Crippen molar-refractivity contribution in [2.45, 2.75) is 25.1 Å². The van der Waals surface area contributed by atoms with E-state index in [-0.39, 0.29) is 6.03 Å². The van der Waals surface area contributed by atoms with Gasteiger partial charge in [0, 0.05) is 24.1 Å². The van der Waals surface area contributed by atoms with Crippen molar-refractivity contribution in [2.75, 3.05) is 18.8 Å². The zero-order valence-corrected chi connectivity index (χ0v) is 9.71. The van der Waals surface area contributed by atoms with E-state index in [1.807, 2.05) is 11.8 Å². The van der Waals surface area contributed by atoms with Crippen LogP contribution >= 0.6 is 11.8 Å². The van der Waals surface area contributed by atoms with Gasteiger partial charge < -0.3 is 15.3 Å². The van der Waals surface area contributed by atoms with E-state index in [1.165, 1.54) is 6.92 Å². The SMILES string of the molecule is CC1CN(C(=O)NC(C)C(=O)O)CCS1. The van der Waals surface area contributed by atoms with Gasteiger partial charge in [-0.3, -0.25) is 4.79 Å². The summed E-state index contributed by atoms with van der Waals surface area (Å²) in [5.41, 5.74) is 0. The lowest BCUT2D eigenvalue weighted by atomic mass is 10.3. The second-order valence-corrected chi connectivity index (χ2v) is 5.18. The van der Waals surface area contributed by atoms with Gasteiger partial charge in [0.2, 0.25) is 0 Å². The summed E-state index contributed by atoms with van der Waals surface area (Å²) in [5.74, 6) is -0.0986. The van der Waals surface area contributed by atoms with E-state index in [9.17, 15) is 9.59 Å². The van der Waals surface area contributed by atoms with Crippen LogP contribution in [0.2, 0.25) is 0 Å². The highest BCUT2D eigenvalue weighted by molar-refractivity contribution is 7.99. The molecule has 6 heteroatoms. The quantitative estimate of drug-likeness (QED) is 0.731. The lowest BCUT2D eigenvalue weighted by molar-refractivity contribution is -0.138. The molecule has 0 aliphatic carbocycles. The highest BCUT2D eigenvalue weighted by atomic mass is 32.2. The van der Waals surface area contributed by atoms with Crippen LogP contribution in [-0.2, 0) is 4.79 Å². The summed E-state index contributed by atoms with van der Waals surface area (Å²) in [7, 11) is 0. The number of carboxylic acids is 1. The molecule has 0 aromatic carbocycles. The molecule has 0 aromatic rings. The van der Waals surface area contributed by atoms with E-state index < -0.39 is 12.0 Å².